The fourth-order valence-corrected chi connectivity index (χ4v) is 4.02. The summed E-state index contributed by atoms with van der Waals surface area (Å²) in [5, 5.41) is 1.44. The number of carbonyl (C=O) groups excluding carboxylic acids is 2. The minimum Gasteiger partial charge on any atom is -0.309 e. The molecule has 3 fully saturated rings. The first kappa shape index (κ1) is 18.2. The largest absolute Gasteiger partial charge is 0.345 e. The van der Waals surface area contributed by atoms with E-state index in [4.69, 9.17) is 9.68 Å². The molecule has 8 heteroatoms. The molecule has 0 aliphatic carbocycles. The third kappa shape index (κ3) is 3.92. The maximum absolute atomic E-state index is 12.7. The van der Waals surface area contributed by atoms with Crippen LogP contribution in [0.5, 0.6) is 0 Å². The maximum Gasteiger partial charge on any atom is 0.345 e. The minimum atomic E-state index is -0.497. The van der Waals surface area contributed by atoms with Gasteiger partial charge in [-0.3, -0.25) is 14.5 Å². The molecule has 3 aliphatic heterocycles. The van der Waals surface area contributed by atoms with Gasteiger partial charge >= 0.3 is 6.03 Å². The van der Waals surface area contributed by atoms with Crippen molar-refractivity contribution < 1.29 is 19.3 Å². The van der Waals surface area contributed by atoms with E-state index >= 15 is 0 Å². The Morgan fingerprint density at radius 1 is 1.19 bits per heavy atom. The van der Waals surface area contributed by atoms with Crippen molar-refractivity contribution in [3.63, 3.8) is 0 Å². The van der Waals surface area contributed by atoms with Crippen molar-refractivity contribution in [1.82, 2.24) is 20.3 Å². The number of hydrogen-bond acceptors (Lipinski definition) is 5. The molecule has 0 unspecified atom stereocenters. The van der Waals surface area contributed by atoms with Crippen LogP contribution in [0.1, 0.15) is 18.4 Å². The van der Waals surface area contributed by atoms with Crippen molar-refractivity contribution >= 4 is 11.9 Å². The number of urea groups is 1. The monoisotopic (exact) mass is 374 g/mol. The van der Waals surface area contributed by atoms with Crippen molar-refractivity contribution in [2.24, 2.45) is 5.92 Å². The number of piperidine rings is 1. The Bertz CT molecular complexity index is 680. The number of nitrogens with one attached hydrogen (secondary N) is 1. The van der Waals surface area contributed by atoms with E-state index in [9.17, 15) is 9.59 Å². The van der Waals surface area contributed by atoms with E-state index in [0.29, 0.717) is 32.1 Å². The summed E-state index contributed by atoms with van der Waals surface area (Å²) in [7, 11) is 2.05. The summed E-state index contributed by atoms with van der Waals surface area (Å²) in [5.74, 6) is 0.209. The first-order chi connectivity index (χ1) is 13.1. The third-order valence-corrected chi connectivity index (χ3v) is 5.47. The molecule has 146 valence electrons. The molecule has 3 heterocycles. The molecule has 0 aromatic heterocycles. The minimum absolute atomic E-state index is 0.00306. The standard InChI is InChI=1S/C19H26N4O4/c1-21-9-15(10-21)12-26-20-18(24)17-8-7-16-11-22(17)19(25)23(16)27-13-14-5-3-2-4-6-14/h2-6,15-17H,7-13H2,1H3,(H,20,24)/t16-,17+/m1/s1. The normalized spacial score (nSPS) is 25.6. The molecule has 0 spiro atoms. The van der Waals surface area contributed by atoms with E-state index in [2.05, 4.69) is 17.4 Å². The van der Waals surface area contributed by atoms with Gasteiger partial charge in [-0.15, -0.1) is 0 Å². The van der Waals surface area contributed by atoms with Gasteiger partial charge in [-0.25, -0.2) is 10.3 Å². The lowest BCUT2D eigenvalue weighted by molar-refractivity contribution is -0.142. The second kappa shape index (κ2) is 7.84. The number of hydroxylamine groups is 3. The molecule has 0 saturated carbocycles. The van der Waals surface area contributed by atoms with Crippen LogP contribution in [0.25, 0.3) is 0 Å². The van der Waals surface area contributed by atoms with Crippen molar-refractivity contribution in [1.29, 1.82) is 0 Å². The molecule has 3 amide bonds. The molecule has 3 saturated heterocycles. The molecule has 27 heavy (non-hydrogen) atoms. The number of carbonyl (C=O) groups is 2. The van der Waals surface area contributed by atoms with E-state index in [1.165, 1.54) is 5.06 Å². The van der Waals surface area contributed by atoms with Crippen molar-refractivity contribution in [2.75, 3.05) is 33.3 Å². The highest BCUT2D eigenvalue weighted by molar-refractivity contribution is 5.88. The fraction of sp³-hybridized carbons (Fsp3) is 0.579. The second-order valence-electron chi connectivity index (χ2n) is 7.63. The molecule has 8 nitrogen and oxygen atoms in total. The number of fused-ring (bicyclic) bond motifs is 2. The summed E-state index contributed by atoms with van der Waals surface area (Å²) >= 11 is 0. The average molecular weight is 374 g/mol. The highest BCUT2D eigenvalue weighted by Crippen LogP contribution is 2.30. The van der Waals surface area contributed by atoms with Gasteiger partial charge in [0.1, 0.15) is 12.6 Å². The van der Waals surface area contributed by atoms with Crippen LogP contribution < -0.4 is 5.48 Å². The zero-order valence-electron chi connectivity index (χ0n) is 15.5. The molecule has 1 N–H and O–H groups in total. The summed E-state index contributed by atoms with van der Waals surface area (Å²) < 4.78 is 0. The Hall–Kier alpha value is -2.16. The number of likely N-dealkylation sites (tertiary alicyclic amines) is 1. The van der Waals surface area contributed by atoms with Crippen molar-refractivity contribution in [3.05, 3.63) is 35.9 Å². The van der Waals surface area contributed by atoms with Gasteiger partial charge in [0.25, 0.3) is 5.91 Å². The Balaban J connectivity index is 1.27. The molecule has 2 bridgehead atoms. The lowest BCUT2D eigenvalue weighted by Crippen LogP contribution is -2.51. The zero-order valence-corrected chi connectivity index (χ0v) is 15.5. The summed E-state index contributed by atoms with van der Waals surface area (Å²) in [5.41, 5.74) is 3.54. The maximum atomic E-state index is 12.7. The zero-order chi connectivity index (χ0) is 18.8. The highest BCUT2D eigenvalue weighted by atomic mass is 16.7. The van der Waals surface area contributed by atoms with Crippen LogP contribution in [-0.2, 0) is 21.1 Å². The van der Waals surface area contributed by atoms with Gasteiger partial charge in [0, 0.05) is 25.6 Å². The quantitative estimate of drug-likeness (QED) is 0.721. The lowest BCUT2D eigenvalue weighted by Gasteiger charge is -2.35. The summed E-state index contributed by atoms with van der Waals surface area (Å²) in [6.07, 6.45) is 1.35. The molecule has 2 atom stereocenters. The average Bonchev–Trinajstić information content (AvgIpc) is 2.89. The first-order valence-corrected chi connectivity index (χ1v) is 9.48. The van der Waals surface area contributed by atoms with Crippen molar-refractivity contribution in [3.8, 4) is 0 Å². The van der Waals surface area contributed by atoms with Crippen LogP contribution in [0.3, 0.4) is 0 Å². The van der Waals surface area contributed by atoms with Gasteiger partial charge in [0.05, 0.1) is 12.6 Å². The summed E-state index contributed by atoms with van der Waals surface area (Å²) in [6.45, 7) is 3.33. The third-order valence-electron chi connectivity index (χ3n) is 5.47. The van der Waals surface area contributed by atoms with Crippen molar-refractivity contribution in [2.45, 2.75) is 31.5 Å². The fourth-order valence-electron chi connectivity index (χ4n) is 4.02. The van der Waals surface area contributed by atoms with E-state index in [-0.39, 0.29) is 18.0 Å². The topological polar surface area (TPSA) is 74.4 Å². The summed E-state index contributed by atoms with van der Waals surface area (Å²) in [6, 6.07) is 9.00. The number of benzene rings is 1. The van der Waals surface area contributed by atoms with Crippen LogP contribution in [0, 0.1) is 5.92 Å². The van der Waals surface area contributed by atoms with E-state index < -0.39 is 6.04 Å². The lowest BCUT2D eigenvalue weighted by atomic mass is 10.0. The number of amides is 3. The molecule has 4 rings (SSSR count). The predicted octanol–water partition coefficient (Wildman–Crippen LogP) is 0.996. The van der Waals surface area contributed by atoms with Gasteiger partial charge in [-0.05, 0) is 25.5 Å². The SMILES string of the molecule is CN1CC(CONC(=O)[C@@H]2CC[C@@H]3CN2C(=O)N3OCc2ccccc2)C1. The number of hydrogen-bond donors (Lipinski definition) is 1. The Morgan fingerprint density at radius 3 is 2.70 bits per heavy atom. The van der Waals surface area contributed by atoms with Gasteiger partial charge in [0.2, 0.25) is 0 Å². The van der Waals surface area contributed by atoms with Crippen LogP contribution >= 0.6 is 0 Å². The van der Waals surface area contributed by atoms with Crippen LogP contribution in [0.15, 0.2) is 30.3 Å². The number of nitrogens with zero attached hydrogens (tertiary/aromatic N) is 3. The smallest absolute Gasteiger partial charge is 0.309 e. The molecule has 1 aromatic carbocycles. The molecule has 0 radical (unpaired) electrons. The Labute approximate surface area is 158 Å². The molecule has 3 aliphatic rings. The Morgan fingerprint density at radius 2 is 1.96 bits per heavy atom. The highest BCUT2D eigenvalue weighted by Gasteiger charge is 2.48. The number of rotatable bonds is 7. The Kier molecular flexibility index (Phi) is 5.29. The summed E-state index contributed by atoms with van der Waals surface area (Å²) in [4.78, 5) is 40.1. The molecular weight excluding hydrogens is 348 g/mol. The van der Waals surface area contributed by atoms with Crippen LogP contribution in [-0.4, -0.2) is 72.2 Å². The van der Waals surface area contributed by atoms with Gasteiger partial charge in [0.15, 0.2) is 0 Å². The van der Waals surface area contributed by atoms with E-state index in [1.807, 2.05) is 30.3 Å². The second-order valence-corrected chi connectivity index (χ2v) is 7.63. The van der Waals surface area contributed by atoms with Crippen LogP contribution in [0.4, 0.5) is 4.79 Å². The van der Waals surface area contributed by atoms with Gasteiger partial charge in [-0.1, -0.05) is 30.3 Å². The predicted molar refractivity (Wildman–Crippen MR) is 97.1 cm³/mol. The van der Waals surface area contributed by atoms with E-state index in [1.54, 1.807) is 4.90 Å². The molecular formula is C19H26N4O4. The van der Waals surface area contributed by atoms with Gasteiger partial charge < -0.3 is 9.80 Å². The molecule has 1 aromatic rings. The first-order valence-electron chi connectivity index (χ1n) is 9.48. The van der Waals surface area contributed by atoms with E-state index in [0.717, 1.165) is 25.1 Å². The van der Waals surface area contributed by atoms with Crippen LogP contribution in [0.2, 0.25) is 0 Å². The van der Waals surface area contributed by atoms with Gasteiger partial charge in [-0.2, -0.15) is 5.06 Å².